The van der Waals surface area contributed by atoms with Gasteiger partial charge in [-0.3, -0.25) is 4.79 Å². The highest BCUT2D eigenvalue weighted by molar-refractivity contribution is 5.81. The Labute approximate surface area is 74.5 Å². The van der Waals surface area contributed by atoms with Crippen molar-refractivity contribution in [1.82, 2.24) is 0 Å². The van der Waals surface area contributed by atoms with Crippen LogP contribution in [0.3, 0.4) is 0 Å². The van der Waals surface area contributed by atoms with Gasteiger partial charge in [0, 0.05) is 12.3 Å². The zero-order valence-corrected chi connectivity index (χ0v) is 8.10. The highest BCUT2D eigenvalue weighted by atomic mass is 16.1. The summed E-state index contributed by atoms with van der Waals surface area (Å²) in [6.07, 6.45) is 3.90. The van der Waals surface area contributed by atoms with Crippen LogP contribution in [0, 0.1) is 11.3 Å². The van der Waals surface area contributed by atoms with Gasteiger partial charge in [-0.2, -0.15) is 0 Å². The zero-order valence-electron chi connectivity index (χ0n) is 8.10. The van der Waals surface area contributed by atoms with Crippen molar-refractivity contribution in [3.8, 4) is 0 Å². The molecule has 0 aromatic heterocycles. The molecule has 1 fully saturated rings. The lowest BCUT2D eigenvalue weighted by Crippen LogP contribution is -2.17. The first kappa shape index (κ1) is 9.72. The van der Waals surface area contributed by atoms with E-state index >= 15 is 0 Å². The van der Waals surface area contributed by atoms with E-state index in [1.165, 1.54) is 6.42 Å². The van der Waals surface area contributed by atoms with Gasteiger partial charge in [0.15, 0.2) is 0 Å². The normalized spacial score (nSPS) is 27.4. The third-order valence-corrected chi connectivity index (χ3v) is 2.81. The van der Waals surface area contributed by atoms with Gasteiger partial charge in [-0.1, -0.05) is 13.8 Å². The molecule has 1 aliphatic carbocycles. The zero-order chi connectivity index (χ0) is 9.19. The Morgan fingerprint density at radius 1 is 1.58 bits per heavy atom. The van der Waals surface area contributed by atoms with Gasteiger partial charge in [-0.15, -0.1) is 0 Å². The molecule has 0 aromatic rings. The largest absolute Gasteiger partial charge is 0.330 e. The van der Waals surface area contributed by atoms with Crippen LogP contribution in [0.4, 0.5) is 0 Å². The van der Waals surface area contributed by atoms with E-state index in [1.54, 1.807) is 0 Å². The molecule has 1 unspecified atom stereocenters. The smallest absolute Gasteiger partial charge is 0.137 e. The van der Waals surface area contributed by atoms with Gasteiger partial charge in [0.05, 0.1) is 0 Å². The summed E-state index contributed by atoms with van der Waals surface area (Å²) in [5, 5.41) is 0. The van der Waals surface area contributed by atoms with Crippen LogP contribution in [0.2, 0.25) is 0 Å². The molecule has 0 bridgehead atoms. The Hall–Kier alpha value is -0.370. The van der Waals surface area contributed by atoms with Gasteiger partial charge in [-0.05, 0) is 31.2 Å². The molecular weight excluding hydrogens is 150 g/mol. The molecule has 0 aromatic carbocycles. The fraction of sp³-hybridized carbons (Fsp3) is 0.900. The fourth-order valence-electron chi connectivity index (χ4n) is 2.06. The first-order valence-electron chi connectivity index (χ1n) is 4.78. The Kier molecular flexibility index (Phi) is 2.89. The number of ketones is 1. The molecule has 0 spiro atoms. The van der Waals surface area contributed by atoms with E-state index in [0.29, 0.717) is 30.1 Å². The van der Waals surface area contributed by atoms with Crippen molar-refractivity contribution in [3.05, 3.63) is 0 Å². The summed E-state index contributed by atoms with van der Waals surface area (Å²) in [5.74, 6) is 0.687. The van der Waals surface area contributed by atoms with Crippen LogP contribution in [-0.2, 0) is 4.79 Å². The summed E-state index contributed by atoms with van der Waals surface area (Å²) in [7, 11) is 0. The SMILES string of the molecule is CC1(C)CCC(C(=O)CCN)C1. The predicted molar refractivity (Wildman–Crippen MR) is 49.8 cm³/mol. The van der Waals surface area contributed by atoms with Crippen molar-refractivity contribution < 1.29 is 4.79 Å². The van der Waals surface area contributed by atoms with Crippen molar-refractivity contribution in [3.63, 3.8) is 0 Å². The number of nitrogens with two attached hydrogens (primary N) is 1. The van der Waals surface area contributed by atoms with Crippen LogP contribution in [0.5, 0.6) is 0 Å². The van der Waals surface area contributed by atoms with Crippen LogP contribution in [0.1, 0.15) is 39.5 Å². The first-order valence-corrected chi connectivity index (χ1v) is 4.78. The molecule has 70 valence electrons. The topological polar surface area (TPSA) is 43.1 Å². The van der Waals surface area contributed by atoms with Crippen molar-refractivity contribution in [2.45, 2.75) is 39.5 Å². The summed E-state index contributed by atoms with van der Waals surface area (Å²) in [6, 6.07) is 0. The van der Waals surface area contributed by atoms with E-state index in [2.05, 4.69) is 13.8 Å². The van der Waals surface area contributed by atoms with E-state index in [0.717, 1.165) is 12.8 Å². The number of hydrogen-bond acceptors (Lipinski definition) is 2. The third-order valence-electron chi connectivity index (χ3n) is 2.81. The molecule has 0 aliphatic heterocycles. The number of Topliss-reactive ketones (excluding diaryl/α,β-unsaturated/α-hetero) is 1. The fourth-order valence-corrected chi connectivity index (χ4v) is 2.06. The summed E-state index contributed by atoms with van der Waals surface area (Å²) in [6.45, 7) is 4.99. The highest BCUT2D eigenvalue weighted by Gasteiger charge is 2.34. The quantitative estimate of drug-likeness (QED) is 0.699. The van der Waals surface area contributed by atoms with E-state index in [9.17, 15) is 4.79 Å². The van der Waals surface area contributed by atoms with E-state index in [1.807, 2.05) is 0 Å². The highest BCUT2D eigenvalue weighted by Crippen LogP contribution is 2.41. The molecule has 0 heterocycles. The summed E-state index contributed by atoms with van der Waals surface area (Å²) < 4.78 is 0. The summed E-state index contributed by atoms with van der Waals surface area (Å²) in [4.78, 5) is 11.5. The molecule has 2 nitrogen and oxygen atoms in total. The van der Waals surface area contributed by atoms with Crippen LogP contribution < -0.4 is 5.73 Å². The van der Waals surface area contributed by atoms with Gasteiger partial charge in [-0.25, -0.2) is 0 Å². The van der Waals surface area contributed by atoms with Crippen molar-refractivity contribution in [2.75, 3.05) is 6.54 Å². The summed E-state index contributed by atoms with van der Waals surface area (Å²) >= 11 is 0. The number of hydrogen-bond donors (Lipinski definition) is 1. The number of carbonyl (C=O) groups is 1. The minimum Gasteiger partial charge on any atom is -0.330 e. The third kappa shape index (κ3) is 2.31. The number of carbonyl (C=O) groups excluding carboxylic acids is 1. The van der Waals surface area contributed by atoms with E-state index < -0.39 is 0 Å². The number of rotatable bonds is 3. The van der Waals surface area contributed by atoms with Crippen molar-refractivity contribution in [1.29, 1.82) is 0 Å². The monoisotopic (exact) mass is 169 g/mol. The Morgan fingerprint density at radius 2 is 2.25 bits per heavy atom. The predicted octanol–water partition coefficient (Wildman–Crippen LogP) is 1.73. The van der Waals surface area contributed by atoms with Crippen LogP contribution in [-0.4, -0.2) is 12.3 Å². The Morgan fingerprint density at radius 3 is 2.67 bits per heavy atom. The maximum atomic E-state index is 11.5. The Bertz CT molecular complexity index is 175. The van der Waals surface area contributed by atoms with Gasteiger partial charge in [0.25, 0.3) is 0 Å². The molecule has 1 rings (SSSR count). The van der Waals surface area contributed by atoms with Gasteiger partial charge < -0.3 is 5.73 Å². The van der Waals surface area contributed by atoms with Gasteiger partial charge in [0.2, 0.25) is 0 Å². The van der Waals surface area contributed by atoms with Crippen LogP contribution in [0.15, 0.2) is 0 Å². The van der Waals surface area contributed by atoms with Crippen molar-refractivity contribution in [2.24, 2.45) is 17.1 Å². The second-order valence-electron chi connectivity index (χ2n) is 4.61. The molecular formula is C10H19NO. The van der Waals surface area contributed by atoms with E-state index in [-0.39, 0.29) is 0 Å². The molecule has 0 saturated heterocycles. The lowest BCUT2D eigenvalue weighted by molar-refractivity contribution is -0.122. The molecule has 1 atom stereocenters. The van der Waals surface area contributed by atoms with E-state index in [4.69, 9.17) is 5.73 Å². The lowest BCUT2D eigenvalue weighted by Gasteiger charge is -2.16. The minimum absolute atomic E-state index is 0.309. The first-order chi connectivity index (χ1) is 5.55. The maximum absolute atomic E-state index is 11.5. The lowest BCUT2D eigenvalue weighted by atomic mass is 9.89. The second-order valence-corrected chi connectivity index (χ2v) is 4.61. The molecule has 1 aliphatic rings. The average molecular weight is 169 g/mol. The van der Waals surface area contributed by atoms with Crippen molar-refractivity contribution >= 4 is 5.78 Å². The molecule has 12 heavy (non-hydrogen) atoms. The standard InChI is InChI=1S/C10H19NO/c1-10(2)5-3-8(7-10)9(12)4-6-11/h8H,3-7,11H2,1-2H3. The summed E-state index contributed by atoms with van der Waals surface area (Å²) in [5.41, 5.74) is 5.73. The van der Waals surface area contributed by atoms with Gasteiger partial charge >= 0.3 is 0 Å². The molecule has 0 radical (unpaired) electrons. The molecule has 0 amide bonds. The van der Waals surface area contributed by atoms with Crippen LogP contribution in [0.25, 0.3) is 0 Å². The molecule has 2 N–H and O–H groups in total. The molecule has 2 heteroatoms. The minimum atomic E-state index is 0.309. The maximum Gasteiger partial charge on any atom is 0.137 e. The van der Waals surface area contributed by atoms with Gasteiger partial charge in [0.1, 0.15) is 5.78 Å². The Balaban J connectivity index is 2.41. The molecule has 1 saturated carbocycles. The second kappa shape index (κ2) is 3.56. The van der Waals surface area contributed by atoms with Crippen LogP contribution >= 0.6 is 0 Å². The average Bonchev–Trinajstić information content (AvgIpc) is 2.31.